The van der Waals surface area contributed by atoms with E-state index >= 15 is 0 Å². The molecule has 0 saturated carbocycles. The highest BCUT2D eigenvalue weighted by molar-refractivity contribution is 6.35. The fraction of sp³-hybridized carbons (Fsp3) is 0.150. The van der Waals surface area contributed by atoms with Crippen molar-refractivity contribution in [2.45, 2.75) is 6.92 Å². The van der Waals surface area contributed by atoms with E-state index in [4.69, 9.17) is 27.9 Å². The van der Waals surface area contributed by atoms with Gasteiger partial charge in [0.15, 0.2) is 6.61 Å². The summed E-state index contributed by atoms with van der Waals surface area (Å²) >= 11 is 11.8. The van der Waals surface area contributed by atoms with Crippen LogP contribution in [-0.4, -0.2) is 25.0 Å². The molecule has 2 N–H and O–H groups in total. The second-order valence-corrected chi connectivity index (χ2v) is 6.47. The van der Waals surface area contributed by atoms with Gasteiger partial charge in [0.05, 0.1) is 0 Å². The van der Waals surface area contributed by atoms with Crippen LogP contribution in [0.4, 0.5) is 5.69 Å². The average Bonchev–Trinajstić information content (AvgIpc) is 2.64. The van der Waals surface area contributed by atoms with Gasteiger partial charge in [0.2, 0.25) is 0 Å². The van der Waals surface area contributed by atoms with Gasteiger partial charge in [-0.2, -0.15) is 5.26 Å². The Bertz CT molecular complexity index is 914. The van der Waals surface area contributed by atoms with Gasteiger partial charge in [-0.1, -0.05) is 35.3 Å². The number of carbonyl (C=O) groups is 2. The van der Waals surface area contributed by atoms with Gasteiger partial charge in [-0.15, -0.1) is 0 Å². The zero-order chi connectivity index (χ0) is 20.5. The standard InChI is InChI=1S/C20H17Cl2N3O3/c1-2-24-19(26)12-28-18-5-3-13(4-6-18)7-14(11-23)20(27)25-17-9-15(21)8-16(22)10-17/h3-10H,2,12H2,1H3,(H,24,26)(H,25,27)/b14-7-. The topological polar surface area (TPSA) is 91.2 Å². The zero-order valence-electron chi connectivity index (χ0n) is 15.0. The number of likely N-dealkylation sites (N-methyl/N-ethyl adjacent to an activating group) is 1. The van der Waals surface area contributed by atoms with E-state index in [1.807, 2.05) is 13.0 Å². The van der Waals surface area contributed by atoms with Crippen molar-refractivity contribution in [3.63, 3.8) is 0 Å². The molecule has 0 radical (unpaired) electrons. The van der Waals surface area contributed by atoms with E-state index < -0.39 is 5.91 Å². The molecule has 2 aromatic rings. The second-order valence-electron chi connectivity index (χ2n) is 5.59. The van der Waals surface area contributed by atoms with Crippen LogP contribution >= 0.6 is 23.2 Å². The van der Waals surface area contributed by atoms with Crippen LogP contribution in [0.15, 0.2) is 48.0 Å². The van der Waals surface area contributed by atoms with Crippen molar-refractivity contribution < 1.29 is 14.3 Å². The second kappa shape index (κ2) is 10.4. The number of nitrogens with zero attached hydrogens (tertiary/aromatic N) is 1. The lowest BCUT2D eigenvalue weighted by molar-refractivity contribution is -0.123. The van der Waals surface area contributed by atoms with Crippen LogP contribution in [-0.2, 0) is 9.59 Å². The van der Waals surface area contributed by atoms with Crippen LogP contribution in [0, 0.1) is 11.3 Å². The molecule has 0 fully saturated rings. The molecule has 0 aromatic heterocycles. The molecule has 0 saturated heterocycles. The monoisotopic (exact) mass is 417 g/mol. The minimum Gasteiger partial charge on any atom is -0.484 e. The summed E-state index contributed by atoms with van der Waals surface area (Å²) in [5, 5.41) is 15.2. The molecule has 0 aliphatic carbocycles. The molecule has 0 aliphatic heterocycles. The number of nitriles is 1. The predicted octanol–water partition coefficient (Wildman–Crippen LogP) is 4.05. The van der Waals surface area contributed by atoms with Crippen molar-refractivity contribution in [3.8, 4) is 11.8 Å². The van der Waals surface area contributed by atoms with Crippen molar-refractivity contribution in [2.24, 2.45) is 0 Å². The number of carbonyl (C=O) groups excluding carboxylic acids is 2. The molecule has 0 unspecified atom stereocenters. The number of hydrogen-bond acceptors (Lipinski definition) is 4. The van der Waals surface area contributed by atoms with E-state index in [-0.39, 0.29) is 18.1 Å². The Labute approximate surface area is 172 Å². The molecule has 0 atom stereocenters. The van der Waals surface area contributed by atoms with Gasteiger partial charge in [-0.25, -0.2) is 0 Å². The van der Waals surface area contributed by atoms with Gasteiger partial charge in [0, 0.05) is 22.3 Å². The molecule has 0 spiro atoms. The number of halogens is 2. The Morgan fingerprint density at radius 2 is 1.79 bits per heavy atom. The van der Waals surface area contributed by atoms with Crippen LogP contribution in [0.5, 0.6) is 5.75 Å². The maximum absolute atomic E-state index is 12.3. The average molecular weight is 418 g/mol. The highest BCUT2D eigenvalue weighted by atomic mass is 35.5. The van der Waals surface area contributed by atoms with Gasteiger partial charge in [0.25, 0.3) is 11.8 Å². The quantitative estimate of drug-likeness (QED) is 0.524. The van der Waals surface area contributed by atoms with Gasteiger partial charge < -0.3 is 15.4 Å². The van der Waals surface area contributed by atoms with Crippen LogP contribution in [0.25, 0.3) is 6.08 Å². The Balaban J connectivity index is 2.05. The lowest BCUT2D eigenvalue weighted by atomic mass is 10.1. The highest BCUT2D eigenvalue weighted by Crippen LogP contribution is 2.23. The number of benzene rings is 2. The summed E-state index contributed by atoms with van der Waals surface area (Å²) in [6.45, 7) is 2.27. The van der Waals surface area contributed by atoms with Crippen LogP contribution in [0.3, 0.4) is 0 Å². The first-order valence-corrected chi connectivity index (χ1v) is 9.05. The van der Waals surface area contributed by atoms with Crippen molar-refractivity contribution in [2.75, 3.05) is 18.5 Å². The molecule has 144 valence electrons. The van der Waals surface area contributed by atoms with Crippen molar-refractivity contribution in [1.29, 1.82) is 5.26 Å². The first kappa shape index (κ1) is 21.3. The van der Waals surface area contributed by atoms with E-state index in [0.29, 0.717) is 33.6 Å². The van der Waals surface area contributed by atoms with Crippen LogP contribution in [0.1, 0.15) is 12.5 Å². The SMILES string of the molecule is CCNC(=O)COc1ccc(/C=C(/C#N)C(=O)Nc2cc(Cl)cc(Cl)c2)cc1. The van der Waals surface area contributed by atoms with E-state index in [2.05, 4.69) is 10.6 Å². The fourth-order valence-corrected chi connectivity index (χ4v) is 2.72. The minimum atomic E-state index is -0.586. The van der Waals surface area contributed by atoms with Crippen molar-refractivity contribution >= 4 is 46.8 Å². The summed E-state index contributed by atoms with van der Waals surface area (Å²) < 4.78 is 5.35. The molecule has 28 heavy (non-hydrogen) atoms. The van der Waals surface area contributed by atoms with E-state index in [1.165, 1.54) is 24.3 Å². The summed E-state index contributed by atoms with van der Waals surface area (Å²) in [7, 11) is 0. The highest BCUT2D eigenvalue weighted by Gasteiger charge is 2.11. The number of rotatable bonds is 7. The third kappa shape index (κ3) is 6.62. The third-order valence-corrected chi connectivity index (χ3v) is 3.86. The molecule has 2 amide bonds. The number of ether oxygens (including phenoxy) is 1. The summed E-state index contributed by atoms with van der Waals surface area (Å²) in [6, 6.07) is 13.1. The molecule has 0 bridgehead atoms. The Morgan fingerprint density at radius 1 is 1.14 bits per heavy atom. The van der Waals surface area contributed by atoms with Crippen LogP contribution < -0.4 is 15.4 Å². The Hall–Kier alpha value is -3.01. The molecular weight excluding hydrogens is 401 g/mol. The number of anilines is 1. The summed E-state index contributed by atoms with van der Waals surface area (Å²) in [5.74, 6) is -0.298. The van der Waals surface area contributed by atoms with E-state index in [1.54, 1.807) is 24.3 Å². The lowest BCUT2D eigenvalue weighted by Crippen LogP contribution is -2.28. The smallest absolute Gasteiger partial charge is 0.266 e. The number of nitrogens with one attached hydrogen (secondary N) is 2. The lowest BCUT2D eigenvalue weighted by Gasteiger charge is -2.07. The van der Waals surface area contributed by atoms with Crippen molar-refractivity contribution in [3.05, 3.63) is 63.6 Å². The first-order valence-electron chi connectivity index (χ1n) is 8.30. The zero-order valence-corrected chi connectivity index (χ0v) is 16.5. The largest absolute Gasteiger partial charge is 0.484 e. The van der Waals surface area contributed by atoms with Crippen LogP contribution in [0.2, 0.25) is 10.0 Å². The normalized spacial score (nSPS) is 10.7. The summed E-state index contributed by atoms with van der Waals surface area (Å²) in [5.41, 5.74) is 0.922. The maximum atomic E-state index is 12.3. The summed E-state index contributed by atoms with van der Waals surface area (Å²) in [4.78, 5) is 23.7. The summed E-state index contributed by atoms with van der Waals surface area (Å²) in [6.07, 6.45) is 1.44. The molecule has 6 nitrogen and oxygen atoms in total. The fourth-order valence-electron chi connectivity index (χ4n) is 2.20. The van der Waals surface area contributed by atoms with Gasteiger partial charge in [-0.05, 0) is 48.9 Å². The molecule has 2 rings (SSSR count). The third-order valence-electron chi connectivity index (χ3n) is 3.42. The van der Waals surface area contributed by atoms with E-state index in [0.717, 1.165) is 0 Å². The Kier molecular flexibility index (Phi) is 7.88. The predicted molar refractivity (Wildman–Crippen MR) is 109 cm³/mol. The number of hydrogen-bond donors (Lipinski definition) is 2. The number of amides is 2. The van der Waals surface area contributed by atoms with Gasteiger partial charge in [-0.3, -0.25) is 9.59 Å². The first-order chi connectivity index (χ1) is 13.4. The molecule has 8 heteroatoms. The van der Waals surface area contributed by atoms with E-state index in [9.17, 15) is 14.9 Å². The molecule has 2 aromatic carbocycles. The molecule has 0 aliphatic rings. The van der Waals surface area contributed by atoms with Crippen molar-refractivity contribution in [1.82, 2.24) is 5.32 Å². The maximum Gasteiger partial charge on any atom is 0.266 e. The molecular formula is C20H17Cl2N3O3. The Morgan fingerprint density at radius 3 is 2.36 bits per heavy atom. The molecule has 0 heterocycles. The van der Waals surface area contributed by atoms with Gasteiger partial charge >= 0.3 is 0 Å². The minimum absolute atomic E-state index is 0.0862. The van der Waals surface area contributed by atoms with Gasteiger partial charge in [0.1, 0.15) is 17.4 Å².